The van der Waals surface area contributed by atoms with E-state index in [2.05, 4.69) is 39.4 Å². The minimum absolute atomic E-state index is 0.0129. The van der Waals surface area contributed by atoms with Gasteiger partial charge in [0.2, 0.25) is 0 Å². The molecule has 0 bridgehead atoms. The maximum atomic E-state index is 5.47. The normalized spacial score (nSPS) is 24.7. The Bertz CT molecular complexity index is 271. The Morgan fingerprint density at radius 3 is 2.19 bits per heavy atom. The summed E-state index contributed by atoms with van der Waals surface area (Å²) in [6, 6.07) is 0. The molecule has 1 aliphatic carbocycles. The molecule has 0 aromatic heterocycles. The van der Waals surface area contributed by atoms with E-state index >= 15 is 0 Å². The van der Waals surface area contributed by atoms with E-state index in [1.165, 1.54) is 25.0 Å². The van der Waals surface area contributed by atoms with E-state index < -0.39 is 0 Å². The predicted octanol–water partition coefficient (Wildman–Crippen LogP) is 4.17. The quantitative estimate of drug-likeness (QED) is 0.520. The lowest BCUT2D eigenvalue weighted by molar-refractivity contribution is 0.0964. The average molecular weight is 223 g/mol. The van der Waals surface area contributed by atoms with Crippen LogP contribution in [0.4, 0.5) is 0 Å². The minimum Gasteiger partial charge on any atom is -0.389 e. The second-order valence-electron chi connectivity index (χ2n) is 6.11. The molecule has 1 unspecified atom stereocenters. The van der Waals surface area contributed by atoms with Gasteiger partial charge in [0.25, 0.3) is 0 Å². The number of hydrogen-bond acceptors (Lipinski definition) is 2. The lowest BCUT2D eigenvalue weighted by atomic mass is 9.64. The van der Waals surface area contributed by atoms with Crippen LogP contribution >= 0.6 is 0 Å². The monoisotopic (exact) mass is 223 g/mol. The molecule has 0 heterocycles. The van der Waals surface area contributed by atoms with Gasteiger partial charge in [0.15, 0.2) is 0 Å². The topological polar surface area (TPSA) is 21.6 Å². The SMILES string of the molecule is C=CC(C)ON=C1C(C)(C)CCCC1(C)C. The molecular formula is C14H25NO. The Kier molecular flexibility index (Phi) is 3.82. The van der Waals surface area contributed by atoms with E-state index in [0.29, 0.717) is 0 Å². The van der Waals surface area contributed by atoms with Crippen LogP contribution < -0.4 is 0 Å². The predicted molar refractivity (Wildman–Crippen MR) is 69.6 cm³/mol. The van der Waals surface area contributed by atoms with Crippen molar-refractivity contribution >= 4 is 5.71 Å². The van der Waals surface area contributed by atoms with Crippen LogP contribution in [-0.4, -0.2) is 11.8 Å². The molecule has 16 heavy (non-hydrogen) atoms. The van der Waals surface area contributed by atoms with Gasteiger partial charge in [-0.2, -0.15) is 0 Å². The molecule has 0 aromatic carbocycles. The summed E-state index contributed by atoms with van der Waals surface area (Å²) in [7, 11) is 0. The largest absolute Gasteiger partial charge is 0.389 e. The molecular weight excluding hydrogens is 198 g/mol. The maximum Gasteiger partial charge on any atom is 0.142 e. The zero-order chi connectivity index (χ0) is 12.4. The lowest BCUT2D eigenvalue weighted by Crippen LogP contribution is -2.41. The number of rotatable bonds is 3. The van der Waals surface area contributed by atoms with Crippen LogP contribution in [0.1, 0.15) is 53.9 Å². The van der Waals surface area contributed by atoms with Crippen molar-refractivity contribution in [3.8, 4) is 0 Å². The van der Waals surface area contributed by atoms with Crippen molar-refractivity contribution in [3.05, 3.63) is 12.7 Å². The molecule has 1 rings (SSSR count). The molecule has 0 radical (unpaired) electrons. The van der Waals surface area contributed by atoms with Gasteiger partial charge in [0.05, 0.1) is 5.71 Å². The summed E-state index contributed by atoms with van der Waals surface area (Å²) in [5, 5.41) is 4.40. The minimum atomic E-state index is -0.0129. The number of nitrogens with zero attached hydrogens (tertiary/aromatic N) is 1. The van der Waals surface area contributed by atoms with Gasteiger partial charge in [-0.1, -0.05) is 45.9 Å². The van der Waals surface area contributed by atoms with E-state index in [9.17, 15) is 0 Å². The lowest BCUT2D eigenvalue weighted by Gasteiger charge is -2.41. The van der Waals surface area contributed by atoms with Crippen LogP contribution in [0.15, 0.2) is 17.8 Å². The molecule has 1 fully saturated rings. The third kappa shape index (κ3) is 2.87. The van der Waals surface area contributed by atoms with Gasteiger partial charge in [-0.05, 0) is 25.8 Å². The second kappa shape index (κ2) is 4.60. The van der Waals surface area contributed by atoms with Crippen molar-refractivity contribution < 1.29 is 4.84 Å². The van der Waals surface area contributed by atoms with Crippen LogP contribution in [-0.2, 0) is 4.84 Å². The summed E-state index contributed by atoms with van der Waals surface area (Å²) in [4.78, 5) is 5.47. The third-order valence-corrected chi connectivity index (χ3v) is 3.53. The van der Waals surface area contributed by atoms with Crippen molar-refractivity contribution in [2.45, 2.75) is 60.0 Å². The molecule has 0 N–H and O–H groups in total. The second-order valence-corrected chi connectivity index (χ2v) is 6.11. The van der Waals surface area contributed by atoms with Crippen LogP contribution in [0, 0.1) is 10.8 Å². The standard InChI is InChI=1S/C14H25NO/c1-7-11(2)16-15-12-13(3,4)9-8-10-14(12,5)6/h7,11H,1,8-10H2,2-6H3. The Labute approximate surface area is 99.8 Å². The molecule has 2 nitrogen and oxygen atoms in total. The first-order valence-electron chi connectivity index (χ1n) is 6.17. The van der Waals surface area contributed by atoms with Crippen LogP contribution in [0.2, 0.25) is 0 Å². The van der Waals surface area contributed by atoms with Crippen molar-refractivity contribution in [3.63, 3.8) is 0 Å². The summed E-state index contributed by atoms with van der Waals surface area (Å²) in [6.07, 6.45) is 5.42. The number of hydrogen-bond donors (Lipinski definition) is 0. The molecule has 0 saturated heterocycles. The molecule has 92 valence electrons. The summed E-state index contributed by atoms with van der Waals surface area (Å²) in [6.45, 7) is 14.7. The van der Waals surface area contributed by atoms with E-state index in [-0.39, 0.29) is 16.9 Å². The van der Waals surface area contributed by atoms with Gasteiger partial charge in [-0.3, -0.25) is 0 Å². The van der Waals surface area contributed by atoms with Gasteiger partial charge in [-0.15, -0.1) is 0 Å². The molecule has 1 atom stereocenters. The van der Waals surface area contributed by atoms with E-state index in [1.54, 1.807) is 6.08 Å². The van der Waals surface area contributed by atoms with Gasteiger partial charge < -0.3 is 4.84 Å². The van der Waals surface area contributed by atoms with Gasteiger partial charge >= 0.3 is 0 Å². The fraction of sp³-hybridized carbons (Fsp3) is 0.786. The zero-order valence-electron chi connectivity index (χ0n) is 11.3. The summed E-state index contributed by atoms with van der Waals surface area (Å²) in [5.74, 6) is 0. The Morgan fingerprint density at radius 2 is 1.75 bits per heavy atom. The highest BCUT2D eigenvalue weighted by atomic mass is 16.6. The average Bonchev–Trinajstić information content (AvgIpc) is 2.14. The summed E-state index contributed by atoms with van der Waals surface area (Å²) < 4.78 is 0. The molecule has 0 aromatic rings. The highest BCUT2D eigenvalue weighted by molar-refractivity contribution is 5.94. The molecule has 0 aliphatic heterocycles. The third-order valence-electron chi connectivity index (χ3n) is 3.53. The van der Waals surface area contributed by atoms with E-state index in [1.807, 2.05) is 6.92 Å². The molecule has 1 saturated carbocycles. The Morgan fingerprint density at radius 1 is 1.25 bits per heavy atom. The molecule has 0 amide bonds. The first-order chi connectivity index (χ1) is 7.29. The van der Waals surface area contributed by atoms with Gasteiger partial charge in [-0.25, -0.2) is 0 Å². The van der Waals surface area contributed by atoms with Crippen molar-refractivity contribution in [1.82, 2.24) is 0 Å². The van der Waals surface area contributed by atoms with Crippen molar-refractivity contribution in [2.24, 2.45) is 16.0 Å². The van der Waals surface area contributed by atoms with Gasteiger partial charge in [0, 0.05) is 10.8 Å². The number of oxime groups is 1. The molecule has 0 spiro atoms. The Hall–Kier alpha value is -0.790. The smallest absolute Gasteiger partial charge is 0.142 e. The van der Waals surface area contributed by atoms with Crippen LogP contribution in [0.25, 0.3) is 0 Å². The van der Waals surface area contributed by atoms with Crippen LogP contribution in [0.3, 0.4) is 0 Å². The summed E-state index contributed by atoms with van der Waals surface area (Å²) >= 11 is 0. The van der Waals surface area contributed by atoms with E-state index in [4.69, 9.17) is 4.84 Å². The first kappa shape index (κ1) is 13.3. The maximum absolute atomic E-state index is 5.47. The van der Waals surface area contributed by atoms with Crippen molar-refractivity contribution in [2.75, 3.05) is 0 Å². The van der Waals surface area contributed by atoms with E-state index in [0.717, 1.165) is 0 Å². The van der Waals surface area contributed by atoms with Crippen LogP contribution in [0.5, 0.6) is 0 Å². The van der Waals surface area contributed by atoms with Gasteiger partial charge in [0.1, 0.15) is 6.10 Å². The fourth-order valence-corrected chi connectivity index (χ4v) is 2.55. The fourth-order valence-electron chi connectivity index (χ4n) is 2.55. The highest BCUT2D eigenvalue weighted by Crippen LogP contribution is 2.43. The summed E-state index contributed by atoms with van der Waals surface area (Å²) in [5.41, 5.74) is 1.51. The highest BCUT2D eigenvalue weighted by Gasteiger charge is 2.41. The Balaban J connectivity index is 2.90. The molecule has 1 aliphatic rings. The van der Waals surface area contributed by atoms with Crippen molar-refractivity contribution in [1.29, 1.82) is 0 Å². The first-order valence-corrected chi connectivity index (χ1v) is 6.17. The molecule has 2 heteroatoms. The zero-order valence-corrected chi connectivity index (χ0v) is 11.3.